The second-order valence-corrected chi connectivity index (χ2v) is 11.0. The van der Waals surface area contributed by atoms with E-state index in [-0.39, 0.29) is 0 Å². The van der Waals surface area contributed by atoms with E-state index in [1.165, 1.54) is 0 Å². The van der Waals surface area contributed by atoms with E-state index in [9.17, 15) is 0 Å². The minimum absolute atomic E-state index is 0.454. The SMILES string of the molecule is CC(C)[SiH](C(C)C)C(C)C.O=P(O)(O)O. The third kappa shape index (κ3) is 14.3. The van der Waals surface area contributed by atoms with Crippen LogP contribution in [0.1, 0.15) is 41.5 Å². The first-order valence-corrected chi connectivity index (χ1v) is 8.81. The maximum absolute atomic E-state index is 8.88. The lowest BCUT2D eigenvalue weighted by atomic mass is 10.5. The van der Waals surface area contributed by atoms with Crippen LogP contribution in [0.2, 0.25) is 16.6 Å². The quantitative estimate of drug-likeness (QED) is 0.535. The van der Waals surface area contributed by atoms with E-state index in [1.54, 1.807) is 0 Å². The first kappa shape index (κ1) is 17.7. The fourth-order valence-electron chi connectivity index (χ4n) is 2.31. The fraction of sp³-hybridized carbons (Fsp3) is 1.00. The molecule has 0 aliphatic rings. The Morgan fingerprint density at radius 3 is 0.933 bits per heavy atom. The Labute approximate surface area is 94.6 Å². The average Bonchev–Trinajstić information content (AvgIpc) is 1.77. The molecular weight excluding hydrogens is 231 g/mol. The Morgan fingerprint density at radius 1 is 0.800 bits per heavy atom. The molecule has 0 rings (SSSR count). The van der Waals surface area contributed by atoms with Gasteiger partial charge in [-0.2, -0.15) is 0 Å². The van der Waals surface area contributed by atoms with Gasteiger partial charge in [0.2, 0.25) is 0 Å². The molecule has 0 amide bonds. The standard InChI is InChI=1S/C9H22Si.H3O4P/c1-7(2)10(8(3)4)9(5)6;1-5(2,3)4/h7-10H,1-6H3;(H3,1,2,3,4). The smallest absolute Gasteiger partial charge is 0.303 e. The van der Waals surface area contributed by atoms with Crippen molar-refractivity contribution in [2.45, 2.75) is 58.2 Å². The molecule has 15 heavy (non-hydrogen) atoms. The van der Waals surface area contributed by atoms with E-state index >= 15 is 0 Å². The summed E-state index contributed by atoms with van der Waals surface area (Å²) in [6.07, 6.45) is 0. The zero-order chi connectivity index (χ0) is 12.8. The van der Waals surface area contributed by atoms with Gasteiger partial charge >= 0.3 is 7.82 Å². The number of hydrogen-bond donors (Lipinski definition) is 3. The van der Waals surface area contributed by atoms with E-state index in [0.29, 0.717) is 0 Å². The van der Waals surface area contributed by atoms with Gasteiger partial charge in [-0.1, -0.05) is 58.2 Å². The molecule has 0 aromatic heterocycles. The predicted molar refractivity (Wildman–Crippen MR) is 66.7 cm³/mol. The van der Waals surface area contributed by atoms with Crippen molar-refractivity contribution in [1.82, 2.24) is 0 Å². The van der Waals surface area contributed by atoms with Gasteiger partial charge in [0, 0.05) is 8.80 Å². The van der Waals surface area contributed by atoms with Crippen LogP contribution in [0, 0.1) is 0 Å². The van der Waals surface area contributed by atoms with Crippen molar-refractivity contribution in [3.63, 3.8) is 0 Å². The van der Waals surface area contributed by atoms with Crippen LogP contribution in [-0.4, -0.2) is 23.5 Å². The highest BCUT2D eigenvalue weighted by atomic mass is 31.2. The molecule has 3 N–H and O–H groups in total. The predicted octanol–water partition coefficient (Wildman–Crippen LogP) is 2.51. The van der Waals surface area contributed by atoms with Gasteiger partial charge in [-0.25, -0.2) is 4.57 Å². The van der Waals surface area contributed by atoms with Crippen LogP contribution < -0.4 is 0 Å². The van der Waals surface area contributed by atoms with E-state index < -0.39 is 16.6 Å². The molecule has 0 aromatic carbocycles. The maximum atomic E-state index is 8.88. The monoisotopic (exact) mass is 256 g/mol. The minimum atomic E-state index is -4.64. The van der Waals surface area contributed by atoms with Gasteiger partial charge in [0.1, 0.15) is 0 Å². The first-order valence-electron chi connectivity index (χ1n) is 5.25. The molecule has 0 radical (unpaired) electrons. The van der Waals surface area contributed by atoms with Crippen molar-refractivity contribution in [3.8, 4) is 0 Å². The molecule has 0 aliphatic heterocycles. The summed E-state index contributed by atoms with van der Waals surface area (Å²) in [5.41, 5.74) is 2.92. The van der Waals surface area contributed by atoms with Gasteiger partial charge in [-0.3, -0.25) is 0 Å². The highest BCUT2D eigenvalue weighted by Gasteiger charge is 2.22. The molecule has 0 unspecified atom stereocenters. The van der Waals surface area contributed by atoms with Crippen LogP contribution in [0.25, 0.3) is 0 Å². The highest BCUT2D eigenvalue weighted by Crippen LogP contribution is 2.29. The van der Waals surface area contributed by atoms with Gasteiger partial charge in [-0.05, 0) is 0 Å². The summed E-state index contributed by atoms with van der Waals surface area (Å²) in [5, 5.41) is 0. The Hall–Kier alpha value is 0.327. The minimum Gasteiger partial charge on any atom is -0.303 e. The van der Waals surface area contributed by atoms with Crippen LogP contribution in [0.4, 0.5) is 0 Å². The lowest BCUT2D eigenvalue weighted by Gasteiger charge is -2.26. The van der Waals surface area contributed by atoms with E-state index in [0.717, 1.165) is 16.6 Å². The summed E-state index contributed by atoms with van der Waals surface area (Å²) in [6.45, 7) is 14.3. The molecule has 6 heteroatoms. The van der Waals surface area contributed by atoms with Gasteiger partial charge in [0.25, 0.3) is 0 Å². The third-order valence-electron chi connectivity index (χ3n) is 2.31. The molecule has 0 spiro atoms. The van der Waals surface area contributed by atoms with Crippen LogP contribution >= 0.6 is 7.82 Å². The molecule has 4 nitrogen and oxygen atoms in total. The zero-order valence-electron chi connectivity index (χ0n) is 10.5. The summed E-state index contributed by atoms with van der Waals surface area (Å²) in [6, 6.07) is 0. The van der Waals surface area contributed by atoms with E-state index in [1.807, 2.05) is 0 Å². The normalized spacial score (nSPS) is 12.3. The molecule has 0 atom stereocenters. The molecule has 94 valence electrons. The lowest BCUT2D eigenvalue weighted by molar-refractivity contribution is 0.275. The van der Waals surface area contributed by atoms with Gasteiger partial charge in [0.15, 0.2) is 0 Å². The van der Waals surface area contributed by atoms with E-state index in [4.69, 9.17) is 19.2 Å². The molecule has 0 aliphatic carbocycles. The molecule has 0 heterocycles. The largest absolute Gasteiger partial charge is 0.466 e. The van der Waals surface area contributed by atoms with Gasteiger partial charge in [-0.15, -0.1) is 0 Å². The second kappa shape index (κ2) is 7.58. The number of hydrogen-bond acceptors (Lipinski definition) is 1. The summed E-state index contributed by atoms with van der Waals surface area (Å²) < 4.78 is 8.88. The topological polar surface area (TPSA) is 77.8 Å². The first-order chi connectivity index (χ1) is 6.46. The van der Waals surface area contributed by atoms with Crippen molar-refractivity contribution < 1.29 is 19.2 Å². The maximum Gasteiger partial charge on any atom is 0.466 e. The summed E-state index contributed by atoms with van der Waals surface area (Å²) in [4.78, 5) is 21.6. The summed E-state index contributed by atoms with van der Waals surface area (Å²) in [7, 11) is -5.09. The highest BCUT2D eigenvalue weighted by molar-refractivity contribution is 7.45. The lowest BCUT2D eigenvalue weighted by Crippen LogP contribution is -2.24. The molecular formula is C9H25O4PSi. The Bertz CT molecular complexity index is 173. The summed E-state index contributed by atoms with van der Waals surface area (Å²) >= 11 is 0. The average molecular weight is 256 g/mol. The van der Waals surface area contributed by atoms with Crippen LogP contribution in [-0.2, 0) is 4.57 Å². The van der Waals surface area contributed by atoms with Crippen molar-refractivity contribution in [3.05, 3.63) is 0 Å². The van der Waals surface area contributed by atoms with Crippen molar-refractivity contribution >= 4 is 16.6 Å². The third-order valence-corrected chi connectivity index (χ3v) is 6.93. The van der Waals surface area contributed by atoms with Gasteiger partial charge < -0.3 is 14.7 Å². The van der Waals surface area contributed by atoms with Crippen molar-refractivity contribution in [2.75, 3.05) is 0 Å². The van der Waals surface area contributed by atoms with Crippen LogP contribution in [0.15, 0.2) is 0 Å². The molecule has 0 saturated heterocycles. The van der Waals surface area contributed by atoms with Crippen LogP contribution in [0.5, 0.6) is 0 Å². The molecule has 0 saturated carbocycles. The Kier molecular flexibility index (Phi) is 8.95. The van der Waals surface area contributed by atoms with Gasteiger partial charge in [0.05, 0.1) is 0 Å². The van der Waals surface area contributed by atoms with Crippen molar-refractivity contribution in [2.24, 2.45) is 0 Å². The second-order valence-electron chi connectivity index (χ2n) is 4.82. The number of rotatable bonds is 3. The molecule has 0 fully saturated rings. The Balaban J connectivity index is 0. The fourth-order valence-corrected chi connectivity index (χ4v) is 6.93. The Morgan fingerprint density at radius 2 is 0.933 bits per heavy atom. The van der Waals surface area contributed by atoms with Crippen molar-refractivity contribution in [1.29, 1.82) is 0 Å². The zero-order valence-corrected chi connectivity index (χ0v) is 12.6. The molecule has 0 aromatic rings. The van der Waals surface area contributed by atoms with E-state index in [2.05, 4.69) is 41.5 Å². The van der Waals surface area contributed by atoms with Crippen LogP contribution in [0.3, 0.4) is 0 Å². The summed E-state index contributed by atoms with van der Waals surface area (Å²) in [5.74, 6) is 0. The number of phosphoric acid groups is 1. The molecule has 0 bridgehead atoms.